The number of benzene rings is 2. The summed E-state index contributed by atoms with van der Waals surface area (Å²) in [5, 5.41) is 5.89. The van der Waals surface area contributed by atoms with E-state index in [0.29, 0.717) is 27.9 Å². The largest absolute Gasteiger partial charge is 0.497 e. The molecule has 0 spiro atoms. The zero-order valence-corrected chi connectivity index (χ0v) is 14.6. The van der Waals surface area contributed by atoms with Gasteiger partial charge in [-0.3, -0.25) is 19.5 Å². The molecule has 0 bridgehead atoms. The Morgan fingerprint density at radius 1 is 1.35 bits per heavy atom. The van der Waals surface area contributed by atoms with Crippen molar-refractivity contribution in [1.82, 2.24) is 9.55 Å². The van der Waals surface area contributed by atoms with Crippen LogP contribution in [-0.2, 0) is 9.59 Å². The molecule has 7 nitrogen and oxygen atoms in total. The first-order valence-corrected chi connectivity index (χ1v) is 8.36. The second-order valence-electron chi connectivity index (χ2n) is 5.90. The molecule has 0 fully saturated rings. The van der Waals surface area contributed by atoms with Gasteiger partial charge in [-0.2, -0.15) is 0 Å². The number of nitrogens with one attached hydrogen (secondary N) is 2. The van der Waals surface area contributed by atoms with Crippen molar-refractivity contribution in [2.45, 2.75) is 12.5 Å². The van der Waals surface area contributed by atoms with Gasteiger partial charge in [-0.15, -0.1) is 0 Å². The highest BCUT2D eigenvalue weighted by Crippen LogP contribution is 2.32. The van der Waals surface area contributed by atoms with Gasteiger partial charge in [-0.05, 0) is 24.3 Å². The average Bonchev–Trinajstić information content (AvgIpc) is 3.00. The van der Waals surface area contributed by atoms with Crippen LogP contribution in [-0.4, -0.2) is 28.5 Å². The van der Waals surface area contributed by atoms with E-state index < -0.39 is 6.04 Å². The lowest BCUT2D eigenvalue weighted by molar-refractivity contribution is -0.124. The van der Waals surface area contributed by atoms with E-state index in [0.717, 1.165) is 5.52 Å². The van der Waals surface area contributed by atoms with Crippen molar-refractivity contribution in [3.8, 4) is 5.75 Å². The molecule has 26 heavy (non-hydrogen) atoms. The molecule has 1 aliphatic heterocycles. The number of methoxy groups -OCH3 is 1. The molecule has 0 unspecified atom stereocenters. The predicted molar refractivity (Wildman–Crippen MR) is 98.7 cm³/mol. The number of hydrogen-bond donors (Lipinski definition) is 2. The van der Waals surface area contributed by atoms with E-state index in [9.17, 15) is 9.59 Å². The number of carbonyl (C=O) groups excluding carboxylic acids is 2. The van der Waals surface area contributed by atoms with Crippen LogP contribution in [0.1, 0.15) is 12.5 Å². The van der Waals surface area contributed by atoms with Gasteiger partial charge in [0, 0.05) is 6.07 Å². The summed E-state index contributed by atoms with van der Waals surface area (Å²) in [6.07, 6.45) is 0.0147. The standard InChI is InChI=1S/C18H15ClN4O3/c1-26-10-6-7-11(19)13(8-10)20-17(25)15-9-16(24)22-18-21-12-4-2-3-5-14(12)23(15)18/h2-8,15H,9H2,1H3,(H,20,25)(H,21,22,24)/t15-/m0/s1. The lowest BCUT2D eigenvalue weighted by atomic mass is 10.1. The first-order chi connectivity index (χ1) is 12.6. The number of aromatic nitrogens is 2. The Morgan fingerprint density at radius 2 is 2.15 bits per heavy atom. The summed E-state index contributed by atoms with van der Waals surface area (Å²) in [6, 6.07) is 11.7. The molecule has 132 valence electrons. The molecule has 0 saturated carbocycles. The van der Waals surface area contributed by atoms with Crippen molar-refractivity contribution in [1.29, 1.82) is 0 Å². The fourth-order valence-corrected chi connectivity index (χ4v) is 3.21. The Morgan fingerprint density at radius 3 is 2.96 bits per heavy atom. The summed E-state index contributed by atoms with van der Waals surface area (Å²) in [7, 11) is 1.53. The second kappa shape index (κ2) is 6.34. The maximum atomic E-state index is 12.9. The minimum Gasteiger partial charge on any atom is -0.497 e. The van der Waals surface area contributed by atoms with Crippen LogP contribution in [0, 0.1) is 0 Å². The van der Waals surface area contributed by atoms with E-state index >= 15 is 0 Å². The van der Waals surface area contributed by atoms with Crippen LogP contribution in [0.5, 0.6) is 5.75 Å². The number of amides is 2. The van der Waals surface area contributed by atoms with Gasteiger partial charge in [0.25, 0.3) is 0 Å². The molecule has 1 atom stereocenters. The van der Waals surface area contributed by atoms with E-state index in [1.807, 2.05) is 24.3 Å². The zero-order chi connectivity index (χ0) is 18.3. The summed E-state index contributed by atoms with van der Waals surface area (Å²) >= 11 is 6.17. The van der Waals surface area contributed by atoms with Crippen LogP contribution >= 0.6 is 11.6 Å². The third-order valence-corrected chi connectivity index (χ3v) is 4.60. The lowest BCUT2D eigenvalue weighted by Gasteiger charge is -2.25. The molecule has 2 N–H and O–H groups in total. The molecule has 4 rings (SSSR count). The molecule has 1 aliphatic rings. The van der Waals surface area contributed by atoms with Crippen molar-refractivity contribution in [3.63, 3.8) is 0 Å². The second-order valence-corrected chi connectivity index (χ2v) is 6.30. The Labute approximate surface area is 153 Å². The molecule has 0 radical (unpaired) electrons. The highest BCUT2D eigenvalue weighted by atomic mass is 35.5. The van der Waals surface area contributed by atoms with Crippen LogP contribution in [0.15, 0.2) is 42.5 Å². The zero-order valence-electron chi connectivity index (χ0n) is 13.8. The number of carbonyl (C=O) groups is 2. The molecule has 2 aromatic carbocycles. The minimum absolute atomic E-state index is 0.0147. The highest BCUT2D eigenvalue weighted by Gasteiger charge is 2.33. The van der Waals surface area contributed by atoms with E-state index in [-0.39, 0.29) is 18.2 Å². The minimum atomic E-state index is -0.728. The van der Waals surface area contributed by atoms with Crippen molar-refractivity contribution < 1.29 is 14.3 Å². The first kappa shape index (κ1) is 16.4. The number of ether oxygens (including phenoxy) is 1. The number of nitrogens with zero attached hydrogens (tertiary/aromatic N) is 2. The number of imidazole rings is 1. The normalized spacial score (nSPS) is 16.1. The average molecular weight is 371 g/mol. The molecule has 8 heteroatoms. The summed E-state index contributed by atoms with van der Waals surface area (Å²) in [4.78, 5) is 29.4. The Kier molecular flexibility index (Phi) is 4.00. The smallest absolute Gasteiger partial charge is 0.248 e. The van der Waals surface area contributed by atoms with E-state index in [4.69, 9.17) is 16.3 Å². The predicted octanol–water partition coefficient (Wildman–Crippen LogP) is 3.22. The first-order valence-electron chi connectivity index (χ1n) is 7.98. The van der Waals surface area contributed by atoms with Gasteiger partial charge in [0.15, 0.2) is 0 Å². The fourth-order valence-electron chi connectivity index (χ4n) is 3.04. The SMILES string of the molecule is COc1ccc(Cl)c(NC(=O)[C@@H]2CC(=O)Nc3nc4ccccc4n32)c1. The van der Waals surface area contributed by atoms with Gasteiger partial charge >= 0.3 is 0 Å². The lowest BCUT2D eigenvalue weighted by Crippen LogP contribution is -2.35. The van der Waals surface area contributed by atoms with Crippen molar-refractivity contribution in [2.24, 2.45) is 0 Å². The number of para-hydroxylation sites is 2. The molecule has 0 saturated heterocycles. The summed E-state index contributed by atoms with van der Waals surface area (Å²) in [5.41, 5.74) is 1.91. The fraction of sp³-hybridized carbons (Fsp3) is 0.167. The van der Waals surface area contributed by atoms with Crippen LogP contribution in [0.25, 0.3) is 11.0 Å². The van der Waals surface area contributed by atoms with Gasteiger partial charge in [-0.1, -0.05) is 23.7 Å². The third kappa shape index (κ3) is 2.76. The van der Waals surface area contributed by atoms with Crippen LogP contribution < -0.4 is 15.4 Å². The number of fused-ring (bicyclic) bond motifs is 3. The summed E-state index contributed by atoms with van der Waals surface area (Å²) < 4.78 is 6.90. The molecule has 3 aromatic rings. The number of hydrogen-bond acceptors (Lipinski definition) is 4. The van der Waals surface area contributed by atoms with Crippen LogP contribution in [0.3, 0.4) is 0 Å². The van der Waals surface area contributed by atoms with E-state index in [1.54, 1.807) is 22.8 Å². The molecule has 2 amide bonds. The van der Waals surface area contributed by atoms with Gasteiger partial charge in [0.2, 0.25) is 17.8 Å². The molecular weight excluding hydrogens is 356 g/mol. The molecule has 1 aromatic heterocycles. The number of halogens is 1. The molecule has 0 aliphatic carbocycles. The van der Waals surface area contributed by atoms with Crippen molar-refractivity contribution in [2.75, 3.05) is 17.7 Å². The van der Waals surface area contributed by atoms with E-state index in [2.05, 4.69) is 15.6 Å². The van der Waals surface area contributed by atoms with E-state index in [1.165, 1.54) is 7.11 Å². The quantitative estimate of drug-likeness (QED) is 0.741. The Balaban J connectivity index is 1.72. The van der Waals surface area contributed by atoms with Crippen LogP contribution in [0.2, 0.25) is 5.02 Å². The van der Waals surface area contributed by atoms with Gasteiger partial charge < -0.3 is 10.1 Å². The molecule has 2 heterocycles. The number of anilines is 2. The maximum Gasteiger partial charge on any atom is 0.248 e. The summed E-state index contributed by atoms with van der Waals surface area (Å²) in [5.74, 6) is 0.322. The topological polar surface area (TPSA) is 85.2 Å². The summed E-state index contributed by atoms with van der Waals surface area (Å²) in [6.45, 7) is 0. The Bertz CT molecular complexity index is 1030. The van der Waals surface area contributed by atoms with Crippen molar-refractivity contribution in [3.05, 3.63) is 47.5 Å². The van der Waals surface area contributed by atoms with Gasteiger partial charge in [0.05, 0.1) is 35.3 Å². The van der Waals surface area contributed by atoms with Crippen LogP contribution in [0.4, 0.5) is 11.6 Å². The maximum absolute atomic E-state index is 12.9. The van der Waals surface area contributed by atoms with Crippen molar-refractivity contribution >= 4 is 46.1 Å². The highest BCUT2D eigenvalue weighted by molar-refractivity contribution is 6.33. The third-order valence-electron chi connectivity index (χ3n) is 4.27. The monoisotopic (exact) mass is 370 g/mol. The van der Waals surface area contributed by atoms with Gasteiger partial charge in [0.1, 0.15) is 11.8 Å². The molecular formula is C18H15ClN4O3. The van der Waals surface area contributed by atoms with Gasteiger partial charge in [-0.25, -0.2) is 4.98 Å². The Hall–Kier alpha value is -3.06. The number of rotatable bonds is 3.